The lowest BCUT2D eigenvalue weighted by Crippen LogP contribution is -2.37. The second-order valence-corrected chi connectivity index (χ2v) is 5.80. The van der Waals surface area contributed by atoms with Crippen LogP contribution in [0.4, 0.5) is 0 Å². The number of carbonyl (C=O) groups is 1. The Kier molecular flexibility index (Phi) is 2.86. The Morgan fingerprint density at radius 3 is 2.39 bits per heavy atom. The van der Waals surface area contributed by atoms with Crippen molar-refractivity contribution in [3.8, 4) is 0 Å². The minimum atomic E-state index is 0.121. The summed E-state index contributed by atoms with van der Waals surface area (Å²) in [6.07, 6.45) is 4.10. The van der Waals surface area contributed by atoms with Gasteiger partial charge in [0.25, 0.3) is 0 Å². The number of nitrogens with two attached hydrogens (primary N) is 1. The van der Waals surface area contributed by atoms with Crippen LogP contribution in [0.1, 0.15) is 24.0 Å². The molecule has 96 valence electrons. The molecule has 3 N–H and O–H groups in total. The molecule has 18 heavy (non-hydrogen) atoms. The zero-order valence-corrected chi connectivity index (χ0v) is 10.6. The van der Waals surface area contributed by atoms with Gasteiger partial charge in [-0.05, 0) is 48.8 Å². The molecule has 0 saturated heterocycles. The number of benzene rings is 1. The Labute approximate surface area is 108 Å². The Morgan fingerprint density at radius 2 is 1.89 bits per heavy atom. The summed E-state index contributed by atoms with van der Waals surface area (Å²) in [4.78, 5) is 12.2. The van der Waals surface area contributed by atoms with Crippen LogP contribution in [0.5, 0.6) is 0 Å². The van der Waals surface area contributed by atoms with Crippen LogP contribution in [-0.4, -0.2) is 19.0 Å². The number of carbonyl (C=O) groups excluding carboxylic acids is 1. The molecule has 0 spiro atoms. The maximum Gasteiger partial charge on any atom is 0.223 e. The fraction of sp³-hybridized carbons (Fsp3) is 0.533. The summed E-state index contributed by atoms with van der Waals surface area (Å²) in [6.45, 7) is 1.45. The Morgan fingerprint density at radius 1 is 1.28 bits per heavy atom. The molecule has 2 aliphatic rings. The molecular weight excluding hydrogens is 224 g/mol. The van der Waals surface area contributed by atoms with E-state index in [-0.39, 0.29) is 17.2 Å². The number of nitrogens with one attached hydrogen (secondary N) is 1. The number of fused-ring (bicyclic) bond motifs is 1. The van der Waals surface area contributed by atoms with Gasteiger partial charge < -0.3 is 11.1 Å². The van der Waals surface area contributed by atoms with Crippen LogP contribution < -0.4 is 11.1 Å². The molecule has 3 rings (SSSR count). The quantitative estimate of drug-likeness (QED) is 0.837. The molecule has 3 nitrogen and oxygen atoms in total. The highest BCUT2D eigenvalue weighted by atomic mass is 16.1. The van der Waals surface area contributed by atoms with Crippen LogP contribution in [0.3, 0.4) is 0 Å². The molecule has 1 amide bonds. The summed E-state index contributed by atoms with van der Waals surface area (Å²) in [5.74, 6) is 0.321. The second kappa shape index (κ2) is 4.39. The summed E-state index contributed by atoms with van der Waals surface area (Å²) in [5, 5.41) is 3.09. The zero-order chi connectivity index (χ0) is 12.6. The summed E-state index contributed by atoms with van der Waals surface area (Å²) < 4.78 is 0. The third-order valence-corrected chi connectivity index (χ3v) is 4.45. The van der Waals surface area contributed by atoms with Gasteiger partial charge in [-0.25, -0.2) is 0 Å². The molecule has 1 aromatic carbocycles. The second-order valence-electron chi connectivity index (χ2n) is 5.80. The minimum absolute atomic E-state index is 0.121. The normalized spacial score (nSPS) is 20.5. The van der Waals surface area contributed by atoms with E-state index in [0.717, 1.165) is 32.2 Å². The van der Waals surface area contributed by atoms with Crippen molar-refractivity contribution in [1.82, 2.24) is 5.32 Å². The smallest absolute Gasteiger partial charge is 0.223 e. The van der Waals surface area contributed by atoms with E-state index in [2.05, 4.69) is 17.4 Å². The van der Waals surface area contributed by atoms with Gasteiger partial charge in [0.1, 0.15) is 0 Å². The standard InChI is InChI=1S/C15H20N2O/c16-9-15(5-6-15)10-17-14(18)13-7-11-3-1-2-4-12(11)8-13/h1-4,13H,5-10,16H2,(H,17,18). The maximum absolute atomic E-state index is 12.2. The van der Waals surface area contributed by atoms with Crippen molar-refractivity contribution in [3.05, 3.63) is 35.4 Å². The lowest BCUT2D eigenvalue weighted by Gasteiger charge is -2.15. The molecule has 1 fully saturated rings. The average Bonchev–Trinajstić information content (AvgIpc) is 3.05. The van der Waals surface area contributed by atoms with Crippen molar-refractivity contribution in [3.63, 3.8) is 0 Å². The van der Waals surface area contributed by atoms with Gasteiger partial charge in [0.2, 0.25) is 5.91 Å². The zero-order valence-electron chi connectivity index (χ0n) is 10.6. The Bertz CT molecular complexity index is 440. The summed E-state index contributed by atoms with van der Waals surface area (Å²) in [6, 6.07) is 8.36. The predicted molar refractivity (Wildman–Crippen MR) is 71.1 cm³/mol. The first-order valence-corrected chi connectivity index (χ1v) is 6.77. The van der Waals surface area contributed by atoms with E-state index in [1.54, 1.807) is 0 Å². The van der Waals surface area contributed by atoms with Gasteiger partial charge in [0, 0.05) is 12.5 Å². The van der Waals surface area contributed by atoms with Gasteiger partial charge in [-0.15, -0.1) is 0 Å². The fourth-order valence-corrected chi connectivity index (χ4v) is 2.79. The SMILES string of the molecule is NCC1(CNC(=O)C2Cc3ccccc3C2)CC1. The molecule has 0 aliphatic heterocycles. The molecule has 0 bridgehead atoms. The van der Waals surface area contributed by atoms with Crippen LogP contribution in [-0.2, 0) is 17.6 Å². The average molecular weight is 244 g/mol. The van der Waals surface area contributed by atoms with E-state index in [9.17, 15) is 4.79 Å². The molecule has 1 aromatic rings. The summed E-state index contributed by atoms with van der Waals surface area (Å²) in [5.41, 5.74) is 8.61. The molecule has 1 saturated carbocycles. The molecule has 0 aromatic heterocycles. The van der Waals surface area contributed by atoms with E-state index in [1.807, 2.05) is 12.1 Å². The molecule has 0 unspecified atom stereocenters. The highest BCUT2D eigenvalue weighted by Gasteiger charge is 2.41. The molecule has 0 atom stereocenters. The number of hydrogen-bond donors (Lipinski definition) is 2. The van der Waals surface area contributed by atoms with Crippen molar-refractivity contribution < 1.29 is 4.79 Å². The van der Waals surface area contributed by atoms with Crippen molar-refractivity contribution >= 4 is 5.91 Å². The molecular formula is C15H20N2O. The maximum atomic E-state index is 12.2. The highest BCUT2D eigenvalue weighted by Crippen LogP contribution is 2.43. The van der Waals surface area contributed by atoms with Gasteiger partial charge in [-0.2, -0.15) is 0 Å². The van der Waals surface area contributed by atoms with Gasteiger partial charge in [0.15, 0.2) is 0 Å². The van der Waals surface area contributed by atoms with Crippen LogP contribution in [0.25, 0.3) is 0 Å². The topological polar surface area (TPSA) is 55.1 Å². The number of rotatable bonds is 4. The van der Waals surface area contributed by atoms with Crippen molar-refractivity contribution in [2.75, 3.05) is 13.1 Å². The largest absolute Gasteiger partial charge is 0.355 e. The third-order valence-electron chi connectivity index (χ3n) is 4.45. The highest BCUT2D eigenvalue weighted by molar-refractivity contribution is 5.80. The minimum Gasteiger partial charge on any atom is -0.355 e. The van der Waals surface area contributed by atoms with Crippen LogP contribution in [0.2, 0.25) is 0 Å². The molecule has 3 heteroatoms. The van der Waals surface area contributed by atoms with Crippen molar-refractivity contribution in [2.24, 2.45) is 17.1 Å². The van der Waals surface area contributed by atoms with E-state index in [4.69, 9.17) is 5.73 Å². The third kappa shape index (κ3) is 2.15. The van der Waals surface area contributed by atoms with E-state index < -0.39 is 0 Å². The van der Waals surface area contributed by atoms with Gasteiger partial charge in [-0.1, -0.05) is 24.3 Å². The summed E-state index contributed by atoms with van der Waals surface area (Å²) >= 11 is 0. The first-order chi connectivity index (χ1) is 8.72. The lowest BCUT2D eigenvalue weighted by molar-refractivity contribution is -0.124. The Hall–Kier alpha value is -1.35. The van der Waals surface area contributed by atoms with E-state index >= 15 is 0 Å². The number of hydrogen-bond acceptors (Lipinski definition) is 2. The van der Waals surface area contributed by atoms with Crippen LogP contribution >= 0.6 is 0 Å². The van der Waals surface area contributed by atoms with Gasteiger partial charge in [0.05, 0.1) is 0 Å². The van der Waals surface area contributed by atoms with Crippen molar-refractivity contribution in [1.29, 1.82) is 0 Å². The first-order valence-electron chi connectivity index (χ1n) is 6.77. The van der Waals surface area contributed by atoms with Crippen LogP contribution in [0.15, 0.2) is 24.3 Å². The van der Waals surface area contributed by atoms with Gasteiger partial charge >= 0.3 is 0 Å². The Balaban J connectivity index is 1.56. The van der Waals surface area contributed by atoms with E-state index in [0.29, 0.717) is 6.54 Å². The molecule has 0 radical (unpaired) electrons. The molecule has 2 aliphatic carbocycles. The van der Waals surface area contributed by atoms with Crippen molar-refractivity contribution in [2.45, 2.75) is 25.7 Å². The first kappa shape index (κ1) is 11.7. The predicted octanol–water partition coefficient (Wildman–Crippen LogP) is 1.26. The fourth-order valence-electron chi connectivity index (χ4n) is 2.79. The number of amides is 1. The summed E-state index contributed by atoms with van der Waals surface area (Å²) in [7, 11) is 0. The van der Waals surface area contributed by atoms with Crippen LogP contribution in [0, 0.1) is 11.3 Å². The monoisotopic (exact) mass is 244 g/mol. The van der Waals surface area contributed by atoms with Gasteiger partial charge in [-0.3, -0.25) is 4.79 Å². The lowest BCUT2D eigenvalue weighted by atomic mass is 10.0. The molecule has 0 heterocycles. The van der Waals surface area contributed by atoms with E-state index in [1.165, 1.54) is 11.1 Å².